The second-order valence-corrected chi connectivity index (χ2v) is 9.74. The maximum Gasteiger partial charge on any atom is 0.252 e. The van der Waals surface area contributed by atoms with Crippen molar-refractivity contribution >= 4 is 51.5 Å². The minimum atomic E-state index is 0.200. The Hall–Kier alpha value is -4.50. The molecule has 2 heterocycles. The van der Waals surface area contributed by atoms with E-state index < -0.39 is 0 Å². The first-order chi connectivity index (χ1) is 17.9. The highest BCUT2D eigenvalue weighted by Gasteiger charge is 2.46. The van der Waals surface area contributed by atoms with Crippen LogP contribution in [0, 0.1) is 0 Å². The molecule has 3 heteroatoms. The predicted molar refractivity (Wildman–Crippen MR) is 152 cm³/mol. The minimum Gasteiger partial charge on any atom is -0.315 e. The summed E-state index contributed by atoms with van der Waals surface area (Å²) >= 11 is 0. The van der Waals surface area contributed by atoms with Crippen molar-refractivity contribution in [1.82, 2.24) is 0 Å². The molecule has 2 nitrogen and oxygen atoms in total. The van der Waals surface area contributed by atoms with Gasteiger partial charge in [0.25, 0.3) is 6.71 Å². The summed E-state index contributed by atoms with van der Waals surface area (Å²) in [6.07, 6.45) is 0.950. The molecule has 0 aromatic heterocycles. The van der Waals surface area contributed by atoms with Crippen molar-refractivity contribution < 1.29 is 0 Å². The minimum absolute atomic E-state index is 0.200. The third-order valence-corrected chi connectivity index (χ3v) is 7.88. The lowest BCUT2D eigenvalue weighted by atomic mass is 9.32. The third kappa shape index (κ3) is 2.63. The van der Waals surface area contributed by atoms with E-state index in [4.69, 9.17) is 0 Å². The van der Waals surface area contributed by atoms with Gasteiger partial charge in [-0.1, -0.05) is 84.9 Å². The molecule has 36 heavy (non-hydrogen) atoms. The number of hydrogen-bond acceptors (Lipinski definition) is 2. The zero-order chi connectivity index (χ0) is 23.6. The summed E-state index contributed by atoms with van der Waals surface area (Å²) in [5, 5.41) is 0. The summed E-state index contributed by atoms with van der Waals surface area (Å²) in [6, 6.07) is 46.4. The van der Waals surface area contributed by atoms with Crippen molar-refractivity contribution in [3.8, 4) is 0 Å². The molecule has 3 aliphatic rings. The lowest BCUT2D eigenvalue weighted by Crippen LogP contribution is -2.55. The molecule has 0 N–H and O–H groups in total. The van der Waals surface area contributed by atoms with E-state index in [-0.39, 0.29) is 6.71 Å². The molecule has 0 atom stereocenters. The highest BCUT2D eigenvalue weighted by atomic mass is 15.2. The van der Waals surface area contributed by atoms with Crippen molar-refractivity contribution in [2.45, 2.75) is 6.42 Å². The van der Waals surface area contributed by atoms with Gasteiger partial charge in [0.2, 0.25) is 0 Å². The van der Waals surface area contributed by atoms with Gasteiger partial charge in [-0.15, -0.1) is 0 Å². The molecule has 0 saturated heterocycles. The monoisotopic (exact) mass is 458 g/mol. The Labute approximate surface area is 211 Å². The lowest BCUT2D eigenvalue weighted by molar-refractivity contribution is 1.08. The van der Waals surface area contributed by atoms with Gasteiger partial charge in [0, 0.05) is 40.6 Å². The Bertz CT molecular complexity index is 1670. The molecule has 5 aromatic rings. The molecule has 1 aliphatic carbocycles. The Morgan fingerprint density at radius 3 is 1.86 bits per heavy atom. The molecular formula is C33H23BN2. The largest absolute Gasteiger partial charge is 0.315 e. The van der Waals surface area contributed by atoms with Crippen molar-refractivity contribution in [2.75, 3.05) is 9.80 Å². The standard InChI is InChI=1S/C33H23BN2/c1-3-13-24(14-4-1)35-28-19-10-9-18-27(28)34-32-26-17-8-7-12-23(26)22-31(32)36(25-15-5-2-6-16-25)30-21-11-20-29(35)33(30)34/h1-21H,22H2. The molecule has 0 unspecified atom stereocenters. The average molecular weight is 458 g/mol. The van der Waals surface area contributed by atoms with E-state index in [1.165, 1.54) is 61.7 Å². The van der Waals surface area contributed by atoms with Crippen LogP contribution in [-0.2, 0) is 6.42 Å². The molecule has 0 amide bonds. The second-order valence-electron chi connectivity index (χ2n) is 9.74. The van der Waals surface area contributed by atoms with E-state index in [9.17, 15) is 0 Å². The second kappa shape index (κ2) is 7.50. The number of hydrogen-bond donors (Lipinski definition) is 0. The van der Waals surface area contributed by atoms with Crippen molar-refractivity contribution in [3.63, 3.8) is 0 Å². The number of allylic oxidation sites excluding steroid dienone is 1. The van der Waals surface area contributed by atoms with Crippen molar-refractivity contribution in [1.29, 1.82) is 0 Å². The third-order valence-electron chi connectivity index (χ3n) is 7.88. The Morgan fingerprint density at radius 1 is 0.500 bits per heavy atom. The number of nitrogens with zero attached hydrogens (tertiary/aromatic N) is 2. The number of rotatable bonds is 2. The number of para-hydroxylation sites is 3. The van der Waals surface area contributed by atoms with E-state index in [0.29, 0.717) is 0 Å². The number of fused-ring (bicyclic) bond motifs is 5. The van der Waals surface area contributed by atoms with E-state index in [1.54, 1.807) is 0 Å². The smallest absolute Gasteiger partial charge is 0.252 e. The first kappa shape index (κ1) is 19.8. The molecule has 0 saturated carbocycles. The van der Waals surface area contributed by atoms with Gasteiger partial charge in [-0.3, -0.25) is 0 Å². The molecule has 0 radical (unpaired) electrons. The molecule has 168 valence electrons. The summed E-state index contributed by atoms with van der Waals surface area (Å²) in [6.45, 7) is 0.200. The number of benzene rings is 5. The van der Waals surface area contributed by atoms with Crippen LogP contribution in [-0.4, -0.2) is 6.71 Å². The van der Waals surface area contributed by atoms with E-state index in [1.807, 2.05) is 0 Å². The maximum atomic E-state index is 2.52. The highest BCUT2D eigenvalue weighted by Crippen LogP contribution is 2.49. The molecule has 0 bridgehead atoms. The number of anilines is 5. The van der Waals surface area contributed by atoms with Crippen molar-refractivity contribution in [2.24, 2.45) is 0 Å². The molecule has 0 spiro atoms. The lowest BCUT2D eigenvalue weighted by Gasteiger charge is -2.44. The topological polar surface area (TPSA) is 6.48 Å². The maximum absolute atomic E-state index is 2.52. The normalized spacial score (nSPS) is 14.8. The molecule has 5 aromatic carbocycles. The van der Waals surface area contributed by atoms with E-state index >= 15 is 0 Å². The summed E-state index contributed by atoms with van der Waals surface area (Å²) in [5.41, 5.74) is 14.6. The van der Waals surface area contributed by atoms with E-state index in [0.717, 1.165) is 6.42 Å². The van der Waals surface area contributed by atoms with Gasteiger partial charge in [0.05, 0.1) is 0 Å². The van der Waals surface area contributed by atoms with Gasteiger partial charge in [-0.25, -0.2) is 0 Å². The predicted octanol–water partition coefficient (Wildman–Crippen LogP) is 6.74. The van der Waals surface area contributed by atoms with Crippen LogP contribution in [0.4, 0.5) is 28.4 Å². The van der Waals surface area contributed by atoms with Crippen LogP contribution < -0.4 is 20.7 Å². The first-order valence-electron chi connectivity index (χ1n) is 12.6. The van der Waals surface area contributed by atoms with Gasteiger partial charge in [-0.05, 0) is 70.0 Å². The fourth-order valence-corrected chi connectivity index (χ4v) is 6.51. The molecule has 0 fully saturated rings. The molecule has 8 rings (SSSR count). The Morgan fingerprint density at radius 2 is 1.08 bits per heavy atom. The highest BCUT2D eigenvalue weighted by molar-refractivity contribution is 7.03. The zero-order valence-corrected chi connectivity index (χ0v) is 19.8. The van der Waals surface area contributed by atoms with Gasteiger partial charge >= 0.3 is 0 Å². The van der Waals surface area contributed by atoms with Crippen LogP contribution in [0.3, 0.4) is 0 Å². The quantitative estimate of drug-likeness (QED) is 0.271. The van der Waals surface area contributed by atoms with Crippen LogP contribution in [0.2, 0.25) is 0 Å². The molecule has 2 aliphatic heterocycles. The SMILES string of the molecule is c1ccc(N2C3=C(B4c5ccccc5N(c5ccccc5)c5cccc2c54)c2ccccc2C3)cc1. The van der Waals surface area contributed by atoms with Crippen LogP contribution in [0.5, 0.6) is 0 Å². The zero-order valence-electron chi connectivity index (χ0n) is 19.8. The van der Waals surface area contributed by atoms with E-state index in [2.05, 4.69) is 137 Å². The van der Waals surface area contributed by atoms with Crippen molar-refractivity contribution in [3.05, 3.63) is 144 Å². The van der Waals surface area contributed by atoms with Crippen LogP contribution >= 0.6 is 0 Å². The van der Waals surface area contributed by atoms with Gasteiger partial charge in [0.1, 0.15) is 0 Å². The fraction of sp³-hybridized carbons (Fsp3) is 0.0303. The summed E-state index contributed by atoms with van der Waals surface area (Å²) < 4.78 is 0. The van der Waals surface area contributed by atoms with Gasteiger partial charge in [0.15, 0.2) is 0 Å². The van der Waals surface area contributed by atoms with Gasteiger partial charge < -0.3 is 9.80 Å². The summed E-state index contributed by atoms with van der Waals surface area (Å²) in [5.74, 6) is 0. The molecular weight excluding hydrogens is 435 g/mol. The Kier molecular flexibility index (Phi) is 4.12. The van der Waals surface area contributed by atoms with Gasteiger partial charge in [-0.2, -0.15) is 0 Å². The van der Waals surface area contributed by atoms with Crippen LogP contribution in [0.25, 0.3) is 5.47 Å². The Balaban J connectivity index is 1.48. The van der Waals surface area contributed by atoms with Crippen LogP contribution in [0.15, 0.2) is 133 Å². The van der Waals surface area contributed by atoms with Crippen LogP contribution in [0.1, 0.15) is 11.1 Å². The average Bonchev–Trinajstić information content (AvgIpc) is 3.33. The fourth-order valence-electron chi connectivity index (χ4n) is 6.51. The first-order valence-corrected chi connectivity index (χ1v) is 12.6. The summed E-state index contributed by atoms with van der Waals surface area (Å²) in [7, 11) is 0. The summed E-state index contributed by atoms with van der Waals surface area (Å²) in [4.78, 5) is 4.96.